The number of para-hydroxylation sites is 1. The summed E-state index contributed by atoms with van der Waals surface area (Å²) in [6.07, 6.45) is 1.95. The first-order valence-corrected chi connectivity index (χ1v) is 11.7. The van der Waals surface area contributed by atoms with Gasteiger partial charge >= 0.3 is 0 Å². The van der Waals surface area contributed by atoms with E-state index < -0.39 is 17.7 Å². The van der Waals surface area contributed by atoms with Crippen LogP contribution in [0.1, 0.15) is 39.4 Å². The number of carbonyl (C=O) groups is 2. The molecular weight excluding hydrogens is 436 g/mol. The maximum absolute atomic E-state index is 13.6. The van der Waals surface area contributed by atoms with E-state index in [2.05, 4.69) is 0 Å². The van der Waals surface area contributed by atoms with Crippen LogP contribution in [0.4, 0.5) is 5.69 Å². The van der Waals surface area contributed by atoms with Crippen molar-refractivity contribution in [3.63, 3.8) is 0 Å². The number of amides is 1. The number of ketones is 1. The standard InChI is InChI=1S/C30H28N2O3/c1-17-10-11-20(4)23(15-17)28(33)26-27(24-16-31(5)25-9-7-6-8-22(24)25)32(30(35)29(26)34)21-13-18(2)12-19(3)14-21/h6-16,27,33H,1-5H3/b28-26+. The second kappa shape index (κ2) is 8.27. The van der Waals surface area contributed by atoms with Crippen LogP contribution in [0.25, 0.3) is 16.7 Å². The van der Waals surface area contributed by atoms with Crippen LogP contribution < -0.4 is 4.90 Å². The van der Waals surface area contributed by atoms with Crippen LogP contribution in [0.5, 0.6) is 0 Å². The molecule has 0 bridgehead atoms. The van der Waals surface area contributed by atoms with Gasteiger partial charge in [-0.25, -0.2) is 0 Å². The Morgan fingerprint density at radius 3 is 2.26 bits per heavy atom. The van der Waals surface area contributed by atoms with Crippen molar-refractivity contribution in [1.29, 1.82) is 0 Å². The lowest BCUT2D eigenvalue weighted by atomic mass is 9.93. The number of benzene rings is 3. The highest BCUT2D eigenvalue weighted by molar-refractivity contribution is 6.52. The van der Waals surface area contributed by atoms with Crippen molar-refractivity contribution >= 4 is 34.0 Å². The second-order valence-electron chi connectivity index (χ2n) is 9.55. The second-order valence-corrected chi connectivity index (χ2v) is 9.55. The number of hydrogen-bond acceptors (Lipinski definition) is 3. The Morgan fingerprint density at radius 2 is 1.54 bits per heavy atom. The number of aliphatic hydroxyl groups excluding tert-OH is 1. The van der Waals surface area contributed by atoms with E-state index in [0.717, 1.165) is 38.7 Å². The molecule has 5 heteroatoms. The quantitative estimate of drug-likeness (QED) is 0.228. The fourth-order valence-electron chi connectivity index (χ4n) is 5.21. The van der Waals surface area contributed by atoms with Gasteiger partial charge in [-0.1, -0.05) is 42.0 Å². The SMILES string of the molecule is Cc1cc(C)cc(N2C(=O)C(=O)/C(=C(/O)c3cc(C)ccc3C)C2c2cn(C)c3ccccc23)c1. The molecule has 0 aliphatic carbocycles. The number of fused-ring (bicyclic) bond motifs is 1. The van der Waals surface area contributed by atoms with E-state index in [4.69, 9.17) is 0 Å². The molecule has 0 saturated carbocycles. The Balaban J connectivity index is 1.85. The van der Waals surface area contributed by atoms with E-state index in [1.54, 1.807) is 4.90 Å². The van der Waals surface area contributed by atoms with Gasteiger partial charge in [0.15, 0.2) is 0 Å². The number of aliphatic hydroxyl groups is 1. The predicted molar refractivity (Wildman–Crippen MR) is 140 cm³/mol. The summed E-state index contributed by atoms with van der Waals surface area (Å²) < 4.78 is 1.99. The molecule has 3 aromatic carbocycles. The summed E-state index contributed by atoms with van der Waals surface area (Å²) >= 11 is 0. The molecule has 1 aliphatic heterocycles. The highest BCUT2D eigenvalue weighted by Gasteiger charge is 2.48. The summed E-state index contributed by atoms with van der Waals surface area (Å²) in [6.45, 7) is 7.76. The van der Waals surface area contributed by atoms with E-state index >= 15 is 0 Å². The Kier molecular flexibility index (Phi) is 5.36. The summed E-state index contributed by atoms with van der Waals surface area (Å²) in [5, 5.41) is 12.5. The molecule has 1 aliphatic rings. The molecule has 1 fully saturated rings. The van der Waals surface area contributed by atoms with Crippen molar-refractivity contribution in [2.75, 3.05) is 4.90 Å². The van der Waals surface area contributed by atoms with Crippen LogP contribution in [0.2, 0.25) is 0 Å². The number of hydrogen-bond donors (Lipinski definition) is 1. The highest BCUT2D eigenvalue weighted by atomic mass is 16.3. The van der Waals surface area contributed by atoms with Crippen LogP contribution in [-0.2, 0) is 16.6 Å². The monoisotopic (exact) mass is 464 g/mol. The largest absolute Gasteiger partial charge is 0.507 e. The molecule has 1 amide bonds. The van der Waals surface area contributed by atoms with Crippen LogP contribution >= 0.6 is 0 Å². The van der Waals surface area contributed by atoms with Crippen LogP contribution in [0.3, 0.4) is 0 Å². The summed E-state index contributed by atoms with van der Waals surface area (Å²) in [5.41, 5.74) is 6.88. The molecule has 5 nitrogen and oxygen atoms in total. The summed E-state index contributed by atoms with van der Waals surface area (Å²) in [7, 11) is 1.94. The molecule has 176 valence electrons. The van der Waals surface area contributed by atoms with E-state index in [-0.39, 0.29) is 11.3 Å². The van der Waals surface area contributed by atoms with Gasteiger partial charge in [0, 0.05) is 41.0 Å². The van der Waals surface area contributed by atoms with Crippen LogP contribution in [-0.4, -0.2) is 21.4 Å². The zero-order chi connectivity index (χ0) is 25.0. The number of Topliss-reactive ketones (excluding diaryl/α,β-unsaturated/α-hetero) is 1. The number of anilines is 1. The van der Waals surface area contributed by atoms with Gasteiger partial charge in [0.1, 0.15) is 5.76 Å². The lowest BCUT2D eigenvalue weighted by Crippen LogP contribution is -2.29. The molecule has 1 unspecified atom stereocenters. The van der Waals surface area contributed by atoms with Gasteiger partial charge in [-0.2, -0.15) is 0 Å². The first-order valence-electron chi connectivity index (χ1n) is 11.7. The van der Waals surface area contributed by atoms with Gasteiger partial charge in [0.05, 0.1) is 11.6 Å². The predicted octanol–water partition coefficient (Wildman–Crippen LogP) is 6.04. The fourth-order valence-corrected chi connectivity index (χ4v) is 5.21. The van der Waals surface area contributed by atoms with E-state index in [9.17, 15) is 14.7 Å². The lowest BCUT2D eigenvalue weighted by Gasteiger charge is -2.26. The van der Waals surface area contributed by atoms with Gasteiger partial charge in [0.2, 0.25) is 0 Å². The molecular formula is C30H28N2O3. The molecule has 0 radical (unpaired) electrons. The molecule has 4 aromatic rings. The van der Waals surface area contributed by atoms with E-state index in [1.165, 1.54) is 0 Å². The minimum absolute atomic E-state index is 0.110. The third kappa shape index (κ3) is 3.64. The van der Waals surface area contributed by atoms with Gasteiger partial charge in [-0.05, 0) is 68.7 Å². The first-order chi connectivity index (χ1) is 16.7. The van der Waals surface area contributed by atoms with Gasteiger partial charge in [-0.15, -0.1) is 0 Å². The van der Waals surface area contributed by atoms with Crippen molar-refractivity contribution < 1.29 is 14.7 Å². The number of aromatic nitrogens is 1. The van der Waals surface area contributed by atoms with Crippen LogP contribution in [0, 0.1) is 27.7 Å². The molecule has 2 heterocycles. The Morgan fingerprint density at radius 1 is 0.857 bits per heavy atom. The zero-order valence-electron chi connectivity index (χ0n) is 20.6. The van der Waals surface area contributed by atoms with Crippen molar-refractivity contribution in [2.24, 2.45) is 7.05 Å². The lowest BCUT2D eigenvalue weighted by molar-refractivity contribution is -0.132. The number of carbonyl (C=O) groups excluding carboxylic acids is 2. The topological polar surface area (TPSA) is 62.5 Å². The molecule has 5 rings (SSSR count). The summed E-state index contributed by atoms with van der Waals surface area (Å²) in [5.74, 6) is -1.46. The van der Waals surface area contributed by atoms with Gasteiger partial charge in [0.25, 0.3) is 11.7 Å². The third-order valence-electron chi connectivity index (χ3n) is 6.80. The average Bonchev–Trinajstić information content (AvgIpc) is 3.28. The summed E-state index contributed by atoms with van der Waals surface area (Å²) in [6, 6.07) is 18.7. The van der Waals surface area contributed by atoms with Crippen molar-refractivity contribution in [3.05, 3.63) is 106 Å². The average molecular weight is 465 g/mol. The minimum Gasteiger partial charge on any atom is -0.507 e. The normalized spacial score (nSPS) is 17.5. The highest BCUT2D eigenvalue weighted by Crippen LogP contribution is 2.45. The minimum atomic E-state index is -0.762. The molecule has 0 spiro atoms. The van der Waals surface area contributed by atoms with Crippen molar-refractivity contribution in [3.8, 4) is 0 Å². The first kappa shape index (κ1) is 22.7. The maximum atomic E-state index is 13.6. The zero-order valence-corrected chi connectivity index (χ0v) is 20.6. The van der Waals surface area contributed by atoms with Gasteiger partial charge < -0.3 is 9.67 Å². The molecule has 1 aromatic heterocycles. The van der Waals surface area contributed by atoms with Gasteiger partial charge in [-0.3, -0.25) is 14.5 Å². The Hall–Kier alpha value is -4.12. The van der Waals surface area contributed by atoms with E-state index in [0.29, 0.717) is 11.3 Å². The third-order valence-corrected chi connectivity index (χ3v) is 6.80. The smallest absolute Gasteiger partial charge is 0.300 e. The molecule has 1 saturated heterocycles. The fraction of sp³-hybridized carbons (Fsp3) is 0.200. The van der Waals surface area contributed by atoms with E-state index in [1.807, 2.05) is 106 Å². The molecule has 1 atom stereocenters. The number of nitrogens with zero attached hydrogens (tertiary/aromatic N) is 2. The van der Waals surface area contributed by atoms with Crippen molar-refractivity contribution in [2.45, 2.75) is 33.7 Å². The van der Waals surface area contributed by atoms with Crippen molar-refractivity contribution in [1.82, 2.24) is 4.57 Å². The molecule has 35 heavy (non-hydrogen) atoms. The Labute approximate surface area is 204 Å². The number of aryl methyl sites for hydroxylation is 5. The Bertz CT molecular complexity index is 1540. The number of rotatable bonds is 3. The maximum Gasteiger partial charge on any atom is 0.300 e. The summed E-state index contributed by atoms with van der Waals surface area (Å²) in [4.78, 5) is 28.7. The molecule has 1 N–H and O–H groups in total. The van der Waals surface area contributed by atoms with Crippen LogP contribution in [0.15, 0.2) is 72.4 Å².